The Morgan fingerprint density at radius 3 is 1.52 bits per heavy atom. The Bertz CT molecular complexity index is 731. The van der Waals surface area contributed by atoms with Gasteiger partial charge in [-0.2, -0.15) is 0 Å². The Kier molecular flexibility index (Phi) is 3.51. The Balaban J connectivity index is 2.44. The van der Waals surface area contributed by atoms with Gasteiger partial charge in [-0.1, -0.05) is 11.8 Å². The zero-order valence-corrected chi connectivity index (χ0v) is 10.9. The number of benzene rings is 2. The number of ether oxygens (including phenoxy) is 1. The first kappa shape index (κ1) is 14.0. The number of phenols is 2. The van der Waals surface area contributed by atoms with Crippen LogP contribution in [0.4, 0.5) is 11.4 Å². The fraction of sp³-hybridized carbons (Fsp3) is 0. The Morgan fingerprint density at radius 2 is 1.19 bits per heavy atom. The number of aromatic hydroxyl groups is 2. The van der Waals surface area contributed by atoms with Crippen LogP contribution >= 0.6 is 0 Å². The number of nitrogens with two attached hydrogens (primary N) is 2. The van der Waals surface area contributed by atoms with Crippen LogP contribution in [-0.2, 0) is 0 Å². The van der Waals surface area contributed by atoms with E-state index in [1.54, 1.807) is 0 Å². The summed E-state index contributed by atoms with van der Waals surface area (Å²) >= 11 is 0. The quantitative estimate of drug-likeness (QED) is 0.383. The third-order valence-electron chi connectivity index (χ3n) is 2.77. The molecule has 0 unspecified atom stereocenters. The van der Waals surface area contributed by atoms with Gasteiger partial charge >= 0.3 is 0 Å². The van der Waals surface area contributed by atoms with E-state index < -0.39 is 0 Å². The molecule has 6 N–H and O–H groups in total. The predicted octanol–water partition coefficient (Wildman–Crippen LogP) is 2.02. The summed E-state index contributed by atoms with van der Waals surface area (Å²) in [5.41, 5.74) is 11.9. The second-order valence-electron chi connectivity index (χ2n) is 4.21. The van der Waals surface area contributed by atoms with Crippen LogP contribution in [0, 0.1) is 24.7 Å². The molecule has 0 radical (unpaired) electrons. The molecule has 0 heterocycles. The van der Waals surface area contributed by atoms with E-state index in [1.165, 1.54) is 24.3 Å². The highest BCUT2D eigenvalue weighted by Gasteiger charge is 2.10. The Hall–Kier alpha value is -3.44. The molecule has 0 aromatic heterocycles. The molecule has 0 amide bonds. The predicted molar refractivity (Wildman–Crippen MR) is 81.0 cm³/mol. The molecular weight excluding hydrogens is 268 g/mol. The average Bonchev–Trinajstić information content (AvgIpc) is 2.46. The van der Waals surface area contributed by atoms with Crippen molar-refractivity contribution in [2.75, 3.05) is 11.5 Å². The summed E-state index contributed by atoms with van der Waals surface area (Å²) < 4.78 is 5.56. The van der Waals surface area contributed by atoms with Crippen molar-refractivity contribution in [3.63, 3.8) is 0 Å². The van der Waals surface area contributed by atoms with Crippen LogP contribution in [0.5, 0.6) is 23.0 Å². The number of nitrogen functional groups attached to an aromatic ring is 2. The highest BCUT2D eigenvalue weighted by Crippen LogP contribution is 2.35. The van der Waals surface area contributed by atoms with E-state index in [9.17, 15) is 10.2 Å². The third-order valence-corrected chi connectivity index (χ3v) is 2.77. The molecule has 2 aromatic rings. The molecule has 0 bridgehead atoms. The number of terminal acetylenes is 2. The molecule has 0 atom stereocenters. The Labute approximate surface area is 121 Å². The van der Waals surface area contributed by atoms with Gasteiger partial charge in [0.25, 0.3) is 0 Å². The van der Waals surface area contributed by atoms with Gasteiger partial charge in [0.05, 0.1) is 22.5 Å². The van der Waals surface area contributed by atoms with Crippen LogP contribution in [0.3, 0.4) is 0 Å². The molecule has 104 valence electrons. The van der Waals surface area contributed by atoms with E-state index in [0.29, 0.717) is 11.5 Å². The molecule has 2 rings (SSSR count). The molecule has 2 aromatic carbocycles. The first-order valence-electron chi connectivity index (χ1n) is 5.82. The highest BCUT2D eigenvalue weighted by atomic mass is 16.5. The first-order valence-corrected chi connectivity index (χ1v) is 5.82. The second kappa shape index (κ2) is 5.28. The van der Waals surface area contributed by atoms with E-state index in [0.717, 1.165) is 0 Å². The summed E-state index contributed by atoms with van der Waals surface area (Å²) in [5, 5.41) is 19.3. The molecule has 5 nitrogen and oxygen atoms in total. The standard InChI is InChI=1S/C16H12N2O3/c1-3-9-5-11(7-13(17)15(9)19)21-12-6-10(4-2)16(20)14(18)8-12/h1-2,5-8,19-20H,17-18H2. The fourth-order valence-corrected chi connectivity index (χ4v) is 1.73. The van der Waals surface area contributed by atoms with Crippen LogP contribution in [0.1, 0.15) is 11.1 Å². The highest BCUT2D eigenvalue weighted by molar-refractivity contribution is 5.66. The van der Waals surface area contributed by atoms with Gasteiger partial charge < -0.3 is 26.4 Å². The maximum absolute atomic E-state index is 9.65. The zero-order valence-electron chi connectivity index (χ0n) is 10.9. The summed E-state index contributed by atoms with van der Waals surface area (Å²) in [7, 11) is 0. The smallest absolute Gasteiger partial charge is 0.154 e. The minimum atomic E-state index is -0.181. The van der Waals surface area contributed by atoms with Crippen LogP contribution < -0.4 is 16.2 Å². The van der Waals surface area contributed by atoms with Gasteiger partial charge in [0.15, 0.2) is 11.5 Å². The van der Waals surface area contributed by atoms with Gasteiger partial charge in [-0.15, -0.1) is 12.8 Å². The second-order valence-corrected chi connectivity index (χ2v) is 4.21. The topological polar surface area (TPSA) is 102 Å². The molecule has 0 spiro atoms. The summed E-state index contributed by atoms with van der Waals surface area (Å²) in [6.45, 7) is 0. The van der Waals surface area contributed by atoms with Gasteiger partial charge in [0.2, 0.25) is 0 Å². The van der Waals surface area contributed by atoms with Crippen molar-refractivity contribution in [1.82, 2.24) is 0 Å². The van der Waals surface area contributed by atoms with Gasteiger partial charge in [-0.05, 0) is 0 Å². The van der Waals surface area contributed by atoms with Crippen molar-refractivity contribution in [1.29, 1.82) is 0 Å². The number of rotatable bonds is 2. The number of hydrogen-bond acceptors (Lipinski definition) is 5. The number of hydrogen-bond donors (Lipinski definition) is 4. The van der Waals surface area contributed by atoms with Gasteiger partial charge in [0.1, 0.15) is 11.5 Å². The van der Waals surface area contributed by atoms with Crippen LogP contribution in [-0.4, -0.2) is 10.2 Å². The lowest BCUT2D eigenvalue weighted by Gasteiger charge is -2.11. The average molecular weight is 280 g/mol. The minimum absolute atomic E-state index is 0.0874. The van der Waals surface area contributed by atoms with Crippen LogP contribution in [0.15, 0.2) is 24.3 Å². The number of anilines is 2. The monoisotopic (exact) mass is 280 g/mol. The van der Waals surface area contributed by atoms with E-state index >= 15 is 0 Å². The van der Waals surface area contributed by atoms with Crippen LogP contribution in [0.25, 0.3) is 0 Å². The largest absolute Gasteiger partial charge is 0.505 e. The molecule has 0 saturated carbocycles. The lowest BCUT2D eigenvalue weighted by Crippen LogP contribution is -1.94. The Morgan fingerprint density at radius 1 is 0.810 bits per heavy atom. The lowest BCUT2D eigenvalue weighted by atomic mass is 10.1. The molecule has 21 heavy (non-hydrogen) atoms. The SMILES string of the molecule is C#Cc1cc(Oc2cc(N)c(O)c(C#C)c2)cc(N)c1O. The van der Waals surface area contributed by atoms with E-state index in [2.05, 4.69) is 11.8 Å². The van der Waals surface area contributed by atoms with Crippen LogP contribution in [0.2, 0.25) is 0 Å². The van der Waals surface area contributed by atoms with E-state index in [4.69, 9.17) is 29.1 Å². The van der Waals surface area contributed by atoms with Crippen molar-refractivity contribution < 1.29 is 14.9 Å². The third kappa shape index (κ3) is 2.63. The molecule has 0 aliphatic rings. The molecule has 5 heteroatoms. The van der Waals surface area contributed by atoms with Crippen molar-refractivity contribution in [2.24, 2.45) is 0 Å². The number of phenolic OH excluding ortho intramolecular Hbond substituents is 2. The summed E-state index contributed by atoms with van der Waals surface area (Å²) in [5.74, 6) is 4.86. The first-order chi connectivity index (χ1) is 9.96. The molecule has 0 fully saturated rings. The normalized spacial score (nSPS) is 9.62. The summed E-state index contributed by atoms with van der Waals surface area (Å²) in [4.78, 5) is 0. The molecule has 0 saturated heterocycles. The maximum atomic E-state index is 9.65. The zero-order chi connectivity index (χ0) is 15.6. The minimum Gasteiger partial charge on any atom is -0.505 e. The molecule has 0 aliphatic heterocycles. The maximum Gasteiger partial charge on any atom is 0.154 e. The molecular formula is C16H12N2O3. The lowest BCUT2D eigenvalue weighted by molar-refractivity contribution is 0.460. The van der Waals surface area contributed by atoms with Gasteiger partial charge in [0, 0.05) is 24.3 Å². The van der Waals surface area contributed by atoms with Crippen molar-refractivity contribution in [2.45, 2.75) is 0 Å². The van der Waals surface area contributed by atoms with Gasteiger partial charge in [-0.25, -0.2) is 0 Å². The summed E-state index contributed by atoms with van der Waals surface area (Å²) in [6.07, 6.45) is 10.5. The van der Waals surface area contributed by atoms with Crippen molar-refractivity contribution in [3.8, 4) is 47.7 Å². The fourth-order valence-electron chi connectivity index (χ4n) is 1.73. The van der Waals surface area contributed by atoms with Gasteiger partial charge in [-0.3, -0.25) is 0 Å². The van der Waals surface area contributed by atoms with Crippen molar-refractivity contribution >= 4 is 11.4 Å². The van der Waals surface area contributed by atoms with Crippen molar-refractivity contribution in [3.05, 3.63) is 35.4 Å². The van der Waals surface area contributed by atoms with E-state index in [1.807, 2.05) is 0 Å². The van der Waals surface area contributed by atoms with E-state index in [-0.39, 0.29) is 34.0 Å². The molecule has 0 aliphatic carbocycles. The summed E-state index contributed by atoms with van der Waals surface area (Å²) in [6, 6.07) is 5.72.